The lowest BCUT2D eigenvalue weighted by Gasteiger charge is -2.46. The monoisotopic (exact) mass is 333 g/mol. The van der Waals surface area contributed by atoms with Crippen LogP contribution in [0.4, 0.5) is 10.5 Å². The Morgan fingerprint density at radius 3 is 2.62 bits per heavy atom. The van der Waals surface area contributed by atoms with E-state index in [9.17, 15) is 14.9 Å². The summed E-state index contributed by atoms with van der Waals surface area (Å²) in [7, 11) is 0. The average molecular weight is 333 g/mol. The molecule has 2 heterocycles. The van der Waals surface area contributed by atoms with Gasteiger partial charge in [0.05, 0.1) is 4.92 Å². The molecule has 0 atom stereocenters. The number of hydrogen-bond acceptors (Lipinski definition) is 5. The Balaban J connectivity index is 1.56. The number of nitro groups is 1. The molecule has 2 aliphatic heterocycles. The predicted octanol–water partition coefficient (Wildman–Crippen LogP) is 2.57. The summed E-state index contributed by atoms with van der Waals surface area (Å²) in [6, 6.07) is 5.43. The molecule has 7 nitrogen and oxygen atoms in total. The molecule has 0 aliphatic carbocycles. The highest BCUT2D eigenvalue weighted by Crippen LogP contribution is 2.27. The Hall–Kier alpha value is -2.15. The molecule has 1 fully saturated rings. The normalized spacial score (nSPS) is 18.7. The van der Waals surface area contributed by atoms with E-state index in [-0.39, 0.29) is 16.7 Å². The lowest BCUT2D eigenvalue weighted by molar-refractivity contribution is -0.384. The zero-order chi connectivity index (χ0) is 17.5. The molecular weight excluding hydrogens is 310 g/mol. The van der Waals surface area contributed by atoms with E-state index >= 15 is 0 Å². The number of non-ortho nitro benzene ring substituents is 1. The van der Waals surface area contributed by atoms with Crippen molar-refractivity contribution < 1.29 is 14.5 Å². The summed E-state index contributed by atoms with van der Waals surface area (Å²) in [6.45, 7) is 8.59. The van der Waals surface area contributed by atoms with Crippen LogP contribution in [0.2, 0.25) is 0 Å². The van der Waals surface area contributed by atoms with Gasteiger partial charge < -0.3 is 9.64 Å². The molecule has 0 radical (unpaired) electrons. The zero-order valence-electron chi connectivity index (χ0n) is 14.3. The van der Waals surface area contributed by atoms with Crippen LogP contribution in [0.25, 0.3) is 0 Å². The van der Waals surface area contributed by atoms with Crippen molar-refractivity contribution in [3.63, 3.8) is 0 Å². The fourth-order valence-electron chi connectivity index (χ4n) is 3.15. The average Bonchev–Trinajstić information content (AvgIpc) is 2.43. The van der Waals surface area contributed by atoms with E-state index in [1.807, 2.05) is 26.8 Å². The standard InChI is InChI=1S/C17H23N3O4/c1-17(2,3)24-16(21)19-10-15(11-19)18-7-6-12-8-14(20(22)23)5-4-13(12)9-18/h4-5,8,15H,6-7,9-11H2,1-3H3. The number of likely N-dealkylation sites (tertiary alicyclic amines) is 1. The molecule has 1 aromatic rings. The van der Waals surface area contributed by atoms with Gasteiger partial charge in [0.15, 0.2) is 0 Å². The van der Waals surface area contributed by atoms with Crippen LogP contribution in [0.15, 0.2) is 18.2 Å². The summed E-state index contributed by atoms with van der Waals surface area (Å²) in [6.07, 6.45) is 0.548. The zero-order valence-corrected chi connectivity index (χ0v) is 14.3. The second-order valence-corrected chi connectivity index (χ2v) is 7.47. The minimum Gasteiger partial charge on any atom is -0.444 e. The first-order valence-corrected chi connectivity index (χ1v) is 8.21. The van der Waals surface area contributed by atoms with Crippen LogP contribution in [-0.2, 0) is 17.7 Å². The van der Waals surface area contributed by atoms with Crippen LogP contribution in [-0.4, -0.2) is 52.1 Å². The fraction of sp³-hybridized carbons (Fsp3) is 0.588. The molecule has 0 saturated carbocycles. The highest BCUT2D eigenvalue weighted by atomic mass is 16.6. The van der Waals surface area contributed by atoms with Gasteiger partial charge in [0.2, 0.25) is 0 Å². The first-order chi connectivity index (χ1) is 11.2. The number of fused-ring (bicyclic) bond motifs is 1. The fourth-order valence-corrected chi connectivity index (χ4v) is 3.15. The van der Waals surface area contributed by atoms with Crippen LogP contribution in [0.1, 0.15) is 31.9 Å². The van der Waals surface area contributed by atoms with Gasteiger partial charge in [-0.05, 0) is 38.3 Å². The van der Waals surface area contributed by atoms with E-state index in [0.717, 1.165) is 30.6 Å². The number of carbonyl (C=O) groups is 1. The van der Waals surface area contributed by atoms with Crippen LogP contribution < -0.4 is 0 Å². The van der Waals surface area contributed by atoms with Gasteiger partial charge >= 0.3 is 6.09 Å². The molecule has 0 bridgehead atoms. The lowest BCUT2D eigenvalue weighted by atomic mass is 9.96. The van der Waals surface area contributed by atoms with Gasteiger partial charge in [-0.1, -0.05) is 6.07 Å². The van der Waals surface area contributed by atoms with Crippen molar-refractivity contribution in [1.29, 1.82) is 0 Å². The van der Waals surface area contributed by atoms with E-state index in [2.05, 4.69) is 4.90 Å². The number of nitro benzene ring substituents is 1. The molecule has 24 heavy (non-hydrogen) atoms. The van der Waals surface area contributed by atoms with Gasteiger partial charge in [-0.15, -0.1) is 0 Å². The van der Waals surface area contributed by atoms with Crippen molar-refractivity contribution in [2.75, 3.05) is 19.6 Å². The third kappa shape index (κ3) is 3.51. The molecule has 2 aliphatic rings. The largest absolute Gasteiger partial charge is 0.444 e. The van der Waals surface area contributed by atoms with Crippen LogP contribution in [0, 0.1) is 10.1 Å². The summed E-state index contributed by atoms with van der Waals surface area (Å²) in [5.41, 5.74) is 1.88. The minimum absolute atomic E-state index is 0.155. The molecule has 0 aromatic heterocycles. The quantitative estimate of drug-likeness (QED) is 0.614. The van der Waals surface area contributed by atoms with Gasteiger partial charge in [0.1, 0.15) is 5.60 Å². The Morgan fingerprint density at radius 1 is 1.29 bits per heavy atom. The van der Waals surface area contributed by atoms with E-state index in [1.165, 1.54) is 0 Å². The van der Waals surface area contributed by atoms with E-state index in [1.54, 1.807) is 17.0 Å². The third-order valence-electron chi connectivity index (χ3n) is 4.47. The third-order valence-corrected chi connectivity index (χ3v) is 4.47. The minimum atomic E-state index is -0.471. The molecule has 0 unspecified atom stereocenters. The summed E-state index contributed by atoms with van der Waals surface area (Å²) in [4.78, 5) is 26.6. The molecule has 1 amide bonds. The number of carbonyl (C=O) groups excluding carboxylic acids is 1. The lowest BCUT2D eigenvalue weighted by Crippen LogP contribution is -2.62. The van der Waals surface area contributed by atoms with Crippen molar-refractivity contribution in [1.82, 2.24) is 9.80 Å². The highest BCUT2D eigenvalue weighted by Gasteiger charge is 2.38. The van der Waals surface area contributed by atoms with Crippen molar-refractivity contribution >= 4 is 11.8 Å². The maximum Gasteiger partial charge on any atom is 0.410 e. The maximum atomic E-state index is 12.0. The number of hydrogen-bond donors (Lipinski definition) is 0. The van der Waals surface area contributed by atoms with Crippen molar-refractivity contribution in [3.05, 3.63) is 39.4 Å². The highest BCUT2D eigenvalue weighted by molar-refractivity contribution is 5.69. The predicted molar refractivity (Wildman–Crippen MR) is 88.8 cm³/mol. The van der Waals surface area contributed by atoms with Crippen molar-refractivity contribution in [3.8, 4) is 0 Å². The molecule has 130 valence electrons. The van der Waals surface area contributed by atoms with Gasteiger partial charge in [0, 0.05) is 44.4 Å². The van der Waals surface area contributed by atoms with Crippen LogP contribution in [0.3, 0.4) is 0 Å². The smallest absolute Gasteiger partial charge is 0.410 e. The molecular formula is C17H23N3O4. The van der Waals surface area contributed by atoms with Crippen LogP contribution in [0.5, 0.6) is 0 Å². The topological polar surface area (TPSA) is 75.9 Å². The molecule has 1 saturated heterocycles. The van der Waals surface area contributed by atoms with Gasteiger partial charge in [-0.2, -0.15) is 0 Å². The Kier molecular flexibility index (Phi) is 4.21. The van der Waals surface area contributed by atoms with E-state index < -0.39 is 5.60 Å². The second kappa shape index (κ2) is 6.05. The number of nitrogens with zero attached hydrogens (tertiary/aromatic N) is 3. The molecule has 7 heteroatoms. The first kappa shape index (κ1) is 16.7. The number of rotatable bonds is 2. The molecule has 0 N–H and O–H groups in total. The Morgan fingerprint density at radius 2 is 2.00 bits per heavy atom. The van der Waals surface area contributed by atoms with Gasteiger partial charge in [-0.25, -0.2) is 4.79 Å². The molecule has 3 rings (SSSR count). The van der Waals surface area contributed by atoms with E-state index in [4.69, 9.17) is 4.74 Å². The number of ether oxygens (including phenoxy) is 1. The molecule has 0 spiro atoms. The van der Waals surface area contributed by atoms with E-state index in [0.29, 0.717) is 19.1 Å². The Labute approximate surface area is 141 Å². The van der Waals surface area contributed by atoms with Gasteiger partial charge in [0.25, 0.3) is 5.69 Å². The van der Waals surface area contributed by atoms with Crippen molar-refractivity contribution in [2.45, 2.75) is 45.4 Å². The SMILES string of the molecule is CC(C)(C)OC(=O)N1CC(N2CCc3cc([N+](=O)[O-])ccc3C2)C1. The van der Waals surface area contributed by atoms with Crippen molar-refractivity contribution in [2.24, 2.45) is 0 Å². The summed E-state index contributed by atoms with van der Waals surface area (Å²) >= 11 is 0. The number of benzene rings is 1. The summed E-state index contributed by atoms with van der Waals surface area (Å²) < 4.78 is 5.37. The second-order valence-electron chi connectivity index (χ2n) is 7.47. The Bertz CT molecular complexity index is 662. The molecule has 1 aromatic carbocycles. The van der Waals surface area contributed by atoms with Crippen LogP contribution >= 0.6 is 0 Å². The summed E-state index contributed by atoms with van der Waals surface area (Å²) in [5.74, 6) is 0. The summed E-state index contributed by atoms with van der Waals surface area (Å²) in [5, 5.41) is 10.9. The maximum absolute atomic E-state index is 12.0. The first-order valence-electron chi connectivity index (χ1n) is 8.21. The van der Waals surface area contributed by atoms with Gasteiger partial charge in [-0.3, -0.25) is 15.0 Å². The number of amides is 1.